The quantitative estimate of drug-likeness (QED) is 0.941. The molecular weight excluding hydrogens is 299 g/mol. The lowest BCUT2D eigenvalue weighted by Gasteiger charge is -2.10. The molecule has 20 heavy (non-hydrogen) atoms. The highest BCUT2D eigenvalue weighted by molar-refractivity contribution is 6.32. The maximum Gasteiger partial charge on any atom is 0.573 e. The van der Waals surface area contributed by atoms with E-state index < -0.39 is 18.2 Å². The lowest BCUT2D eigenvalue weighted by molar-refractivity contribution is -0.274. The van der Waals surface area contributed by atoms with E-state index in [-0.39, 0.29) is 16.7 Å². The second-order valence-corrected chi connectivity index (χ2v) is 4.35. The van der Waals surface area contributed by atoms with Crippen molar-refractivity contribution < 1.29 is 22.4 Å². The minimum Gasteiger partial charge on any atom is -0.404 e. The van der Waals surface area contributed by atoms with Gasteiger partial charge < -0.3 is 15.0 Å². The van der Waals surface area contributed by atoms with Crippen molar-refractivity contribution >= 4 is 11.6 Å². The summed E-state index contributed by atoms with van der Waals surface area (Å²) in [6.07, 6.45) is -4.81. The Balaban J connectivity index is 2.28. The van der Waals surface area contributed by atoms with Gasteiger partial charge in [-0.25, -0.2) is 0 Å². The maximum atomic E-state index is 12.1. The normalized spacial score (nSPS) is 13.3. The predicted octanol–water partition coefficient (Wildman–Crippen LogP) is 3.31. The van der Waals surface area contributed by atoms with Crippen LogP contribution >= 0.6 is 11.6 Å². The van der Waals surface area contributed by atoms with E-state index in [0.29, 0.717) is 5.56 Å². The van der Waals surface area contributed by atoms with Gasteiger partial charge in [0.2, 0.25) is 11.7 Å². The van der Waals surface area contributed by atoms with Crippen LogP contribution in [0.5, 0.6) is 5.75 Å². The summed E-state index contributed by atoms with van der Waals surface area (Å²) in [6, 6.07) is 3.22. The van der Waals surface area contributed by atoms with Gasteiger partial charge in [-0.05, 0) is 25.1 Å². The molecule has 2 aromatic rings. The summed E-state index contributed by atoms with van der Waals surface area (Å²) in [5.41, 5.74) is 5.95. The van der Waals surface area contributed by atoms with Crippen molar-refractivity contribution in [2.75, 3.05) is 0 Å². The molecule has 0 saturated heterocycles. The number of halogens is 4. The molecule has 2 N–H and O–H groups in total. The molecule has 2 rings (SSSR count). The van der Waals surface area contributed by atoms with Gasteiger partial charge in [0.05, 0.1) is 11.1 Å². The topological polar surface area (TPSA) is 74.2 Å². The Morgan fingerprint density at radius 3 is 2.60 bits per heavy atom. The lowest BCUT2D eigenvalue weighted by atomic mass is 10.2. The molecule has 0 aliphatic carbocycles. The largest absolute Gasteiger partial charge is 0.573 e. The van der Waals surface area contributed by atoms with Gasteiger partial charge in [0.25, 0.3) is 0 Å². The predicted molar refractivity (Wildman–Crippen MR) is 64.0 cm³/mol. The highest BCUT2D eigenvalue weighted by Gasteiger charge is 2.32. The summed E-state index contributed by atoms with van der Waals surface area (Å²) in [5, 5.41) is 3.45. The van der Waals surface area contributed by atoms with E-state index in [1.807, 2.05) is 0 Å². The molecule has 1 heterocycles. The fourth-order valence-corrected chi connectivity index (χ4v) is 1.60. The summed E-state index contributed by atoms with van der Waals surface area (Å²) in [5.74, 6) is -0.108. The number of hydrogen-bond acceptors (Lipinski definition) is 5. The fraction of sp³-hybridized carbons (Fsp3) is 0.273. The second-order valence-electron chi connectivity index (χ2n) is 3.94. The van der Waals surface area contributed by atoms with E-state index in [0.717, 1.165) is 6.07 Å². The third-order valence-electron chi connectivity index (χ3n) is 2.25. The summed E-state index contributed by atoms with van der Waals surface area (Å²) in [4.78, 5) is 4.00. The molecule has 0 saturated carbocycles. The highest BCUT2D eigenvalue weighted by Crippen LogP contribution is 2.33. The van der Waals surface area contributed by atoms with Crippen molar-refractivity contribution in [2.24, 2.45) is 5.73 Å². The van der Waals surface area contributed by atoms with Gasteiger partial charge in [0, 0.05) is 5.56 Å². The van der Waals surface area contributed by atoms with E-state index in [9.17, 15) is 13.2 Å². The van der Waals surface area contributed by atoms with Crippen LogP contribution in [0.15, 0.2) is 22.7 Å². The van der Waals surface area contributed by atoms with Gasteiger partial charge in [-0.1, -0.05) is 16.8 Å². The monoisotopic (exact) mass is 307 g/mol. The van der Waals surface area contributed by atoms with Crippen LogP contribution in [-0.2, 0) is 0 Å². The molecule has 0 unspecified atom stereocenters. The SMILES string of the molecule is C[C@H](N)c1nc(-c2ccc(OC(F)(F)F)c(Cl)c2)no1. The van der Waals surface area contributed by atoms with Crippen LogP contribution in [0.3, 0.4) is 0 Å². The van der Waals surface area contributed by atoms with Crippen LogP contribution < -0.4 is 10.5 Å². The molecule has 0 spiro atoms. The Hall–Kier alpha value is -1.80. The molecule has 1 aromatic carbocycles. The molecule has 0 aliphatic rings. The highest BCUT2D eigenvalue weighted by atomic mass is 35.5. The zero-order valence-electron chi connectivity index (χ0n) is 10.1. The number of benzene rings is 1. The van der Waals surface area contributed by atoms with Crippen LogP contribution in [0.25, 0.3) is 11.4 Å². The van der Waals surface area contributed by atoms with E-state index in [1.165, 1.54) is 12.1 Å². The van der Waals surface area contributed by atoms with E-state index in [1.54, 1.807) is 6.92 Å². The average molecular weight is 308 g/mol. The Kier molecular flexibility index (Phi) is 3.87. The van der Waals surface area contributed by atoms with E-state index >= 15 is 0 Å². The zero-order chi connectivity index (χ0) is 14.9. The number of ether oxygens (including phenoxy) is 1. The van der Waals surface area contributed by atoms with Crippen molar-refractivity contribution in [3.05, 3.63) is 29.1 Å². The average Bonchev–Trinajstić information content (AvgIpc) is 2.79. The molecule has 0 radical (unpaired) electrons. The molecule has 0 aliphatic heterocycles. The van der Waals surface area contributed by atoms with Gasteiger partial charge >= 0.3 is 6.36 Å². The Morgan fingerprint density at radius 1 is 1.40 bits per heavy atom. The van der Waals surface area contributed by atoms with Gasteiger partial charge in [-0.3, -0.25) is 0 Å². The van der Waals surface area contributed by atoms with E-state index in [4.69, 9.17) is 21.9 Å². The smallest absolute Gasteiger partial charge is 0.404 e. The Morgan fingerprint density at radius 2 is 2.10 bits per heavy atom. The third-order valence-corrected chi connectivity index (χ3v) is 2.54. The van der Waals surface area contributed by atoms with Crippen LogP contribution in [0.4, 0.5) is 13.2 Å². The molecule has 1 aromatic heterocycles. The van der Waals surface area contributed by atoms with Gasteiger partial charge in [-0.15, -0.1) is 13.2 Å². The van der Waals surface area contributed by atoms with Gasteiger partial charge in [0.1, 0.15) is 5.75 Å². The standard InChI is InChI=1S/C11H9ClF3N3O2/c1-5(16)10-17-9(18-20-10)6-2-3-8(7(12)4-6)19-11(13,14)15/h2-5H,16H2,1H3/t5-/m0/s1. The van der Waals surface area contributed by atoms with Crippen LogP contribution in [-0.4, -0.2) is 16.5 Å². The Bertz CT molecular complexity index is 613. The van der Waals surface area contributed by atoms with Crippen molar-refractivity contribution in [3.8, 4) is 17.1 Å². The molecule has 108 valence electrons. The minimum atomic E-state index is -4.81. The first-order chi connectivity index (χ1) is 9.26. The van der Waals surface area contributed by atoms with Crippen LogP contribution in [0, 0.1) is 0 Å². The second kappa shape index (κ2) is 5.29. The molecule has 0 bridgehead atoms. The summed E-state index contributed by atoms with van der Waals surface area (Å²) in [6.45, 7) is 1.66. The van der Waals surface area contributed by atoms with Crippen molar-refractivity contribution in [1.82, 2.24) is 10.1 Å². The number of nitrogens with zero attached hydrogens (tertiary/aromatic N) is 2. The first kappa shape index (κ1) is 14.6. The number of nitrogens with two attached hydrogens (primary N) is 1. The van der Waals surface area contributed by atoms with E-state index in [2.05, 4.69) is 14.9 Å². The van der Waals surface area contributed by atoms with Crippen molar-refractivity contribution in [1.29, 1.82) is 0 Å². The molecule has 0 fully saturated rings. The zero-order valence-corrected chi connectivity index (χ0v) is 10.9. The fourth-order valence-electron chi connectivity index (χ4n) is 1.38. The summed E-state index contributed by atoms with van der Waals surface area (Å²) in [7, 11) is 0. The molecular formula is C11H9ClF3N3O2. The molecule has 5 nitrogen and oxygen atoms in total. The first-order valence-corrected chi connectivity index (χ1v) is 5.79. The number of aromatic nitrogens is 2. The van der Waals surface area contributed by atoms with Gasteiger partial charge in [0.15, 0.2) is 0 Å². The molecule has 0 amide bonds. The van der Waals surface area contributed by atoms with Gasteiger partial charge in [-0.2, -0.15) is 4.98 Å². The Labute approximate surface area is 116 Å². The van der Waals surface area contributed by atoms with Crippen LogP contribution in [0.1, 0.15) is 18.9 Å². The molecule has 9 heteroatoms. The summed E-state index contributed by atoms with van der Waals surface area (Å²) >= 11 is 5.72. The molecule has 1 atom stereocenters. The number of alkyl halides is 3. The number of rotatable bonds is 3. The van der Waals surface area contributed by atoms with Crippen molar-refractivity contribution in [3.63, 3.8) is 0 Å². The van der Waals surface area contributed by atoms with Crippen molar-refractivity contribution in [2.45, 2.75) is 19.3 Å². The minimum absolute atomic E-state index is 0.178. The van der Waals surface area contributed by atoms with Crippen LogP contribution in [0.2, 0.25) is 5.02 Å². The lowest BCUT2D eigenvalue weighted by Crippen LogP contribution is -2.17. The summed E-state index contributed by atoms with van der Waals surface area (Å²) < 4.78 is 44.9. The number of hydrogen-bond donors (Lipinski definition) is 1. The maximum absolute atomic E-state index is 12.1. The third kappa shape index (κ3) is 3.40. The first-order valence-electron chi connectivity index (χ1n) is 5.41.